The summed E-state index contributed by atoms with van der Waals surface area (Å²) in [5.41, 5.74) is 14.2. The van der Waals surface area contributed by atoms with Crippen molar-refractivity contribution in [1.29, 1.82) is 5.26 Å². The van der Waals surface area contributed by atoms with Crippen LogP contribution in [0.3, 0.4) is 0 Å². The van der Waals surface area contributed by atoms with Crippen LogP contribution in [0.25, 0.3) is 59.8 Å². The number of hydrogen-bond acceptors (Lipinski definition) is 5. The summed E-state index contributed by atoms with van der Waals surface area (Å²) < 4.78 is 2.89. The summed E-state index contributed by atoms with van der Waals surface area (Å²) in [6, 6.07) is 82.7. The van der Waals surface area contributed by atoms with Crippen molar-refractivity contribution in [2.75, 3.05) is 9.80 Å². The number of hydrogen-bond donors (Lipinski definition) is 0. The lowest BCUT2D eigenvalue weighted by Gasteiger charge is -2.25. The quantitative estimate of drug-likeness (QED) is 0.145. The molecular weight excluding hydrogens is 801 g/mol. The topological polar surface area (TPSA) is 52.3 Å². The van der Waals surface area contributed by atoms with Gasteiger partial charge in [-0.3, -0.25) is 4.79 Å². The molecule has 0 atom stereocenters. The zero-order chi connectivity index (χ0) is 43.0. The van der Waals surface area contributed by atoms with Crippen molar-refractivity contribution < 1.29 is 0 Å². The molecule has 0 N–H and O–H groups in total. The van der Waals surface area contributed by atoms with Gasteiger partial charge in [0.05, 0.1) is 11.0 Å². The minimum atomic E-state index is -0.230. The van der Waals surface area contributed by atoms with E-state index >= 15 is 0 Å². The van der Waals surface area contributed by atoms with E-state index in [1.807, 2.05) is 30.3 Å². The molecule has 9 aromatic carbocycles. The summed E-state index contributed by atoms with van der Waals surface area (Å²) >= 11 is 1.12. The first-order valence-electron chi connectivity index (χ1n) is 21.2. The van der Waals surface area contributed by atoms with Gasteiger partial charge in [0.1, 0.15) is 11.6 Å². The van der Waals surface area contributed by atoms with Crippen LogP contribution < -0.4 is 14.5 Å². The predicted octanol–water partition coefficient (Wildman–Crippen LogP) is 15.5. The molecule has 6 heteroatoms. The number of para-hydroxylation sites is 4. The minimum absolute atomic E-state index is 0.170. The average Bonchev–Trinajstić information content (AvgIpc) is 3.68. The number of rotatable bonds is 9. The van der Waals surface area contributed by atoms with Gasteiger partial charge in [0.25, 0.3) is 4.74 Å². The second-order valence-electron chi connectivity index (χ2n) is 15.7. The van der Waals surface area contributed by atoms with Crippen LogP contribution in [0.2, 0.25) is 0 Å². The maximum absolute atomic E-state index is 12.8. The Bertz CT molecular complexity index is 3300. The Labute approximate surface area is 374 Å². The van der Waals surface area contributed by atoms with Gasteiger partial charge < -0.3 is 14.4 Å². The van der Waals surface area contributed by atoms with Gasteiger partial charge >= 0.3 is 0 Å². The molecule has 64 heavy (non-hydrogen) atoms. The Morgan fingerprint density at radius 1 is 0.406 bits per heavy atom. The fourth-order valence-electron chi connectivity index (χ4n) is 8.79. The molecule has 0 amide bonds. The summed E-state index contributed by atoms with van der Waals surface area (Å²) in [4.78, 5) is 17.4. The van der Waals surface area contributed by atoms with Crippen LogP contribution in [0.1, 0.15) is 5.56 Å². The van der Waals surface area contributed by atoms with Crippen LogP contribution in [0.4, 0.5) is 34.1 Å². The fraction of sp³-hybridized carbons (Fsp3) is 0. The molecule has 0 saturated carbocycles. The largest absolute Gasteiger partial charge is 0.311 e. The Hall–Kier alpha value is -8.50. The van der Waals surface area contributed by atoms with E-state index in [4.69, 9.17) is 0 Å². The Kier molecular flexibility index (Phi) is 9.85. The van der Waals surface area contributed by atoms with Gasteiger partial charge in [-0.15, -0.1) is 0 Å². The molecule has 0 fully saturated rings. The van der Waals surface area contributed by atoms with Gasteiger partial charge in [0, 0.05) is 55.3 Å². The zero-order valence-electron chi connectivity index (χ0n) is 34.5. The van der Waals surface area contributed by atoms with E-state index in [9.17, 15) is 10.1 Å². The highest BCUT2D eigenvalue weighted by Gasteiger charge is 2.18. The van der Waals surface area contributed by atoms with E-state index in [0.717, 1.165) is 105 Å². The van der Waals surface area contributed by atoms with Crippen LogP contribution >= 0.6 is 11.3 Å². The smallest absolute Gasteiger partial charge is 0.250 e. The van der Waals surface area contributed by atoms with E-state index < -0.39 is 0 Å². The predicted molar refractivity (Wildman–Crippen MR) is 267 cm³/mol. The third kappa shape index (κ3) is 7.06. The monoisotopic (exact) mass is 838 g/mol. The lowest BCUT2D eigenvalue weighted by atomic mass is 9.99. The molecule has 0 saturated heterocycles. The van der Waals surface area contributed by atoms with E-state index in [1.54, 1.807) is 6.07 Å². The van der Waals surface area contributed by atoms with Crippen molar-refractivity contribution in [2.45, 2.75) is 0 Å². The number of benzene rings is 9. The Morgan fingerprint density at radius 3 is 1.20 bits per heavy atom. The maximum Gasteiger partial charge on any atom is 0.250 e. The SMILES string of the molecule is N#Cc1cc2ccc(-n3c4ccc(-c5ccc(N(c6ccccc6)c6ccccc6)cc5)cc4c4cc(-c5ccc(N(c6ccccc6)c6ccccc6)cc5)ccc43)cc2sc1=O. The molecule has 0 radical (unpaired) electrons. The molecule has 0 aliphatic heterocycles. The normalized spacial score (nSPS) is 11.2. The zero-order valence-corrected chi connectivity index (χ0v) is 35.4. The third-order valence-corrected chi connectivity index (χ3v) is 12.8. The summed E-state index contributed by atoms with van der Waals surface area (Å²) in [6.45, 7) is 0. The average molecular weight is 839 g/mol. The van der Waals surface area contributed by atoms with E-state index in [-0.39, 0.29) is 10.3 Å². The first-order chi connectivity index (χ1) is 31.6. The highest BCUT2D eigenvalue weighted by atomic mass is 32.1. The molecule has 0 aliphatic carbocycles. The molecular formula is C58H38N4OS. The van der Waals surface area contributed by atoms with Gasteiger partial charge in [0.15, 0.2) is 0 Å². The van der Waals surface area contributed by atoms with Crippen LogP contribution in [0.15, 0.2) is 235 Å². The summed E-state index contributed by atoms with van der Waals surface area (Å²) in [6.07, 6.45) is 0. The standard InChI is InChI=1S/C58H38N4OS/c59-39-45-35-44-25-32-52(38-57(44)64-58(45)63)62-55-33-26-42(40-21-28-50(29-22-40)60(46-13-5-1-6-14-46)47-15-7-2-8-16-47)36-53(55)54-37-43(27-34-56(54)62)41-23-30-51(31-24-41)61(48-17-9-3-10-18-48)49-19-11-4-12-20-49/h1-38H. The molecule has 11 rings (SSSR count). The van der Waals surface area contributed by atoms with Gasteiger partial charge in [0.2, 0.25) is 0 Å². The van der Waals surface area contributed by atoms with Crippen molar-refractivity contribution in [1.82, 2.24) is 4.57 Å². The van der Waals surface area contributed by atoms with Crippen LogP contribution in [-0.4, -0.2) is 4.57 Å². The third-order valence-electron chi connectivity index (χ3n) is 11.8. The number of nitrogens with zero attached hydrogens (tertiary/aromatic N) is 4. The van der Waals surface area contributed by atoms with Crippen molar-refractivity contribution in [3.8, 4) is 34.0 Å². The van der Waals surface area contributed by atoms with Crippen molar-refractivity contribution in [3.05, 3.63) is 246 Å². The van der Waals surface area contributed by atoms with Gasteiger partial charge in [-0.25, -0.2) is 0 Å². The van der Waals surface area contributed by atoms with E-state index in [1.165, 1.54) is 0 Å². The van der Waals surface area contributed by atoms with E-state index in [2.05, 4.69) is 215 Å². The molecule has 2 heterocycles. The summed E-state index contributed by atoms with van der Waals surface area (Å²) in [5, 5.41) is 12.7. The van der Waals surface area contributed by atoms with Gasteiger partial charge in [-0.1, -0.05) is 127 Å². The fourth-order valence-corrected chi connectivity index (χ4v) is 9.62. The number of aromatic nitrogens is 1. The number of anilines is 6. The minimum Gasteiger partial charge on any atom is -0.311 e. The highest BCUT2D eigenvalue weighted by Crippen LogP contribution is 2.41. The second kappa shape index (κ2) is 16.4. The lowest BCUT2D eigenvalue weighted by Crippen LogP contribution is -2.09. The van der Waals surface area contributed by atoms with Gasteiger partial charge in [-0.2, -0.15) is 5.26 Å². The number of nitriles is 1. The second-order valence-corrected chi connectivity index (χ2v) is 16.7. The lowest BCUT2D eigenvalue weighted by molar-refractivity contribution is 1.19. The first kappa shape index (κ1) is 38.4. The van der Waals surface area contributed by atoms with Crippen LogP contribution in [0, 0.1) is 11.3 Å². The van der Waals surface area contributed by atoms with Crippen molar-refractivity contribution in [2.24, 2.45) is 0 Å². The van der Waals surface area contributed by atoms with Crippen LogP contribution in [-0.2, 0) is 0 Å². The molecule has 5 nitrogen and oxygen atoms in total. The highest BCUT2D eigenvalue weighted by molar-refractivity contribution is 7.16. The molecule has 2 aromatic heterocycles. The Morgan fingerprint density at radius 2 is 0.797 bits per heavy atom. The van der Waals surface area contributed by atoms with E-state index in [0.29, 0.717) is 0 Å². The van der Waals surface area contributed by atoms with Gasteiger partial charge in [-0.05, 0) is 143 Å². The van der Waals surface area contributed by atoms with Crippen molar-refractivity contribution >= 4 is 77.4 Å². The maximum atomic E-state index is 12.8. The van der Waals surface area contributed by atoms with Crippen LogP contribution in [0.5, 0.6) is 0 Å². The van der Waals surface area contributed by atoms with Crippen molar-refractivity contribution in [3.63, 3.8) is 0 Å². The first-order valence-corrected chi connectivity index (χ1v) is 22.0. The molecule has 0 bridgehead atoms. The summed E-state index contributed by atoms with van der Waals surface area (Å²) in [7, 11) is 0. The summed E-state index contributed by atoms with van der Waals surface area (Å²) in [5.74, 6) is 0. The molecule has 11 aromatic rings. The number of fused-ring (bicyclic) bond motifs is 4. The molecule has 0 spiro atoms. The molecule has 0 aliphatic rings. The molecule has 0 unspecified atom stereocenters. The molecule has 302 valence electrons. The Balaban J connectivity index is 1.03.